The second kappa shape index (κ2) is 5.38. The Morgan fingerprint density at radius 3 is 2.74 bits per heavy atom. The van der Waals surface area contributed by atoms with Gasteiger partial charge in [0.1, 0.15) is 0 Å². The number of nitrogens with one attached hydrogen (secondary N) is 1. The van der Waals surface area contributed by atoms with E-state index in [9.17, 15) is 0 Å². The average Bonchev–Trinajstić information content (AvgIpc) is 2.93. The standard InChI is InChI=1S/C17H24N2/c1-3-14-11-13(2)17-15(7-8-18-17)16(14)12-19-9-5-4-6-10-19/h7-8,11,18H,3-6,9-10,12H2,1-2H3. The number of benzene rings is 1. The first-order chi connectivity index (χ1) is 9.29. The fraction of sp³-hybridized carbons (Fsp3) is 0.529. The highest BCUT2D eigenvalue weighted by Gasteiger charge is 2.15. The van der Waals surface area contributed by atoms with Crippen molar-refractivity contribution in [2.24, 2.45) is 0 Å². The molecule has 1 N–H and O–H groups in total. The van der Waals surface area contributed by atoms with Gasteiger partial charge in [-0.3, -0.25) is 4.90 Å². The predicted molar refractivity (Wildman–Crippen MR) is 81.5 cm³/mol. The molecule has 1 fully saturated rings. The van der Waals surface area contributed by atoms with Gasteiger partial charge in [-0.05, 0) is 62.0 Å². The van der Waals surface area contributed by atoms with Crippen LogP contribution in [0, 0.1) is 6.92 Å². The molecule has 0 bridgehead atoms. The fourth-order valence-corrected chi connectivity index (χ4v) is 3.38. The van der Waals surface area contributed by atoms with Crippen molar-refractivity contribution in [1.29, 1.82) is 0 Å². The molecule has 102 valence electrons. The van der Waals surface area contributed by atoms with E-state index >= 15 is 0 Å². The second-order valence-electron chi connectivity index (χ2n) is 5.79. The molecular formula is C17H24N2. The Morgan fingerprint density at radius 1 is 1.21 bits per heavy atom. The maximum atomic E-state index is 3.40. The third-order valence-corrected chi connectivity index (χ3v) is 4.46. The third-order valence-electron chi connectivity index (χ3n) is 4.46. The number of hydrogen-bond donors (Lipinski definition) is 1. The van der Waals surface area contributed by atoms with Gasteiger partial charge >= 0.3 is 0 Å². The Balaban J connectivity index is 2.00. The van der Waals surface area contributed by atoms with Crippen molar-refractivity contribution in [3.05, 3.63) is 35.0 Å². The number of fused-ring (bicyclic) bond motifs is 1. The summed E-state index contributed by atoms with van der Waals surface area (Å²) in [6.45, 7) is 8.14. The van der Waals surface area contributed by atoms with Gasteiger partial charge < -0.3 is 4.98 Å². The molecular weight excluding hydrogens is 232 g/mol. The van der Waals surface area contributed by atoms with E-state index in [-0.39, 0.29) is 0 Å². The van der Waals surface area contributed by atoms with Gasteiger partial charge in [0.15, 0.2) is 0 Å². The molecule has 2 nitrogen and oxygen atoms in total. The summed E-state index contributed by atoms with van der Waals surface area (Å²) in [4.78, 5) is 6.02. The van der Waals surface area contributed by atoms with Crippen LogP contribution >= 0.6 is 0 Å². The number of nitrogens with zero attached hydrogens (tertiary/aromatic N) is 1. The highest BCUT2D eigenvalue weighted by molar-refractivity contribution is 5.87. The number of likely N-dealkylation sites (tertiary alicyclic amines) is 1. The summed E-state index contributed by atoms with van der Waals surface area (Å²) >= 11 is 0. The van der Waals surface area contributed by atoms with Crippen LogP contribution in [0.3, 0.4) is 0 Å². The zero-order valence-electron chi connectivity index (χ0n) is 12.1. The van der Waals surface area contributed by atoms with Crippen LogP contribution in [0.15, 0.2) is 18.3 Å². The zero-order chi connectivity index (χ0) is 13.2. The van der Waals surface area contributed by atoms with E-state index in [0.717, 1.165) is 13.0 Å². The maximum Gasteiger partial charge on any atom is 0.0487 e. The SMILES string of the molecule is CCc1cc(C)c2[nH]ccc2c1CN1CCCCC1. The number of aryl methyl sites for hydroxylation is 2. The molecule has 2 aromatic rings. The molecule has 1 aliphatic heterocycles. The molecule has 1 aromatic heterocycles. The van der Waals surface area contributed by atoms with Gasteiger partial charge in [0, 0.05) is 23.6 Å². The molecule has 1 aliphatic rings. The van der Waals surface area contributed by atoms with Gasteiger partial charge in [-0.25, -0.2) is 0 Å². The number of piperidine rings is 1. The average molecular weight is 256 g/mol. The van der Waals surface area contributed by atoms with Crippen LogP contribution < -0.4 is 0 Å². The van der Waals surface area contributed by atoms with E-state index in [1.54, 1.807) is 5.56 Å². The molecule has 0 unspecified atom stereocenters. The molecule has 3 rings (SSSR count). The van der Waals surface area contributed by atoms with Crippen LogP contribution in [-0.4, -0.2) is 23.0 Å². The minimum Gasteiger partial charge on any atom is -0.361 e. The highest BCUT2D eigenvalue weighted by atomic mass is 15.1. The third kappa shape index (κ3) is 2.42. The Morgan fingerprint density at radius 2 is 2.00 bits per heavy atom. The monoisotopic (exact) mass is 256 g/mol. The Labute approximate surface area is 115 Å². The minimum absolute atomic E-state index is 1.12. The second-order valence-corrected chi connectivity index (χ2v) is 5.79. The van der Waals surface area contributed by atoms with E-state index in [1.807, 2.05) is 0 Å². The largest absolute Gasteiger partial charge is 0.361 e. The van der Waals surface area contributed by atoms with Crippen molar-refractivity contribution >= 4 is 10.9 Å². The van der Waals surface area contributed by atoms with E-state index in [4.69, 9.17) is 0 Å². The Hall–Kier alpha value is -1.28. The van der Waals surface area contributed by atoms with E-state index in [0.29, 0.717) is 0 Å². The van der Waals surface area contributed by atoms with Crippen molar-refractivity contribution in [1.82, 2.24) is 9.88 Å². The Bertz CT molecular complexity index is 562. The van der Waals surface area contributed by atoms with Gasteiger partial charge in [0.25, 0.3) is 0 Å². The predicted octanol–water partition coefficient (Wildman–Crippen LogP) is 4.02. The van der Waals surface area contributed by atoms with Crippen molar-refractivity contribution in [3.8, 4) is 0 Å². The number of H-pyrrole nitrogens is 1. The lowest BCUT2D eigenvalue weighted by Gasteiger charge is -2.27. The van der Waals surface area contributed by atoms with E-state index < -0.39 is 0 Å². The highest BCUT2D eigenvalue weighted by Crippen LogP contribution is 2.27. The van der Waals surface area contributed by atoms with Crippen LogP contribution in [0.1, 0.15) is 42.9 Å². The molecule has 2 heterocycles. The first-order valence-corrected chi connectivity index (χ1v) is 7.60. The normalized spacial score (nSPS) is 17.2. The first-order valence-electron chi connectivity index (χ1n) is 7.60. The maximum absolute atomic E-state index is 3.40. The van der Waals surface area contributed by atoms with Gasteiger partial charge in [0.05, 0.1) is 0 Å². The van der Waals surface area contributed by atoms with Crippen LogP contribution in [0.25, 0.3) is 10.9 Å². The van der Waals surface area contributed by atoms with Crippen LogP contribution in [-0.2, 0) is 13.0 Å². The summed E-state index contributed by atoms with van der Waals surface area (Å²) in [5, 5.41) is 1.43. The van der Waals surface area contributed by atoms with Crippen molar-refractivity contribution in [3.63, 3.8) is 0 Å². The van der Waals surface area contributed by atoms with Crippen molar-refractivity contribution in [2.75, 3.05) is 13.1 Å². The smallest absolute Gasteiger partial charge is 0.0487 e. The lowest BCUT2D eigenvalue weighted by Crippen LogP contribution is -2.29. The number of aromatic amines is 1. The van der Waals surface area contributed by atoms with Gasteiger partial charge in [0.2, 0.25) is 0 Å². The van der Waals surface area contributed by atoms with Crippen LogP contribution in [0.4, 0.5) is 0 Å². The van der Waals surface area contributed by atoms with Gasteiger partial charge in [-0.2, -0.15) is 0 Å². The molecule has 0 saturated carbocycles. The molecule has 0 radical (unpaired) electrons. The summed E-state index contributed by atoms with van der Waals surface area (Å²) in [5.74, 6) is 0. The van der Waals surface area contributed by atoms with Gasteiger partial charge in [-0.1, -0.05) is 19.4 Å². The molecule has 0 spiro atoms. The molecule has 0 amide bonds. The van der Waals surface area contributed by atoms with Gasteiger partial charge in [-0.15, -0.1) is 0 Å². The number of aromatic nitrogens is 1. The number of hydrogen-bond acceptors (Lipinski definition) is 1. The lowest BCUT2D eigenvalue weighted by atomic mass is 9.97. The number of rotatable bonds is 3. The zero-order valence-corrected chi connectivity index (χ0v) is 12.1. The van der Waals surface area contributed by atoms with E-state index in [1.165, 1.54) is 54.4 Å². The summed E-state index contributed by atoms with van der Waals surface area (Å²) in [5.41, 5.74) is 5.77. The summed E-state index contributed by atoms with van der Waals surface area (Å²) in [6, 6.07) is 4.62. The molecule has 0 atom stereocenters. The topological polar surface area (TPSA) is 19.0 Å². The van der Waals surface area contributed by atoms with Crippen molar-refractivity contribution in [2.45, 2.75) is 46.1 Å². The minimum atomic E-state index is 1.12. The molecule has 19 heavy (non-hydrogen) atoms. The van der Waals surface area contributed by atoms with Crippen LogP contribution in [0.2, 0.25) is 0 Å². The molecule has 0 aliphatic carbocycles. The quantitative estimate of drug-likeness (QED) is 0.878. The molecule has 1 saturated heterocycles. The van der Waals surface area contributed by atoms with E-state index in [2.05, 4.69) is 42.1 Å². The molecule has 2 heteroatoms. The Kier molecular flexibility index (Phi) is 3.61. The summed E-state index contributed by atoms with van der Waals surface area (Å²) in [6.07, 6.45) is 7.35. The fourth-order valence-electron chi connectivity index (χ4n) is 3.38. The summed E-state index contributed by atoms with van der Waals surface area (Å²) in [7, 11) is 0. The van der Waals surface area contributed by atoms with Crippen LogP contribution in [0.5, 0.6) is 0 Å². The summed E-state index contributed by atoms with van der Waals surface area (Å²) < 4.78 is 0. The lowest BCUT2D eigenvalue weighted by molar-refractivity contribution is 0.221. The first kappa shape index (κ1) is 12.7. The van der Waals surface area contributed by atoms with Crippen molar-refractivity contribution < 1.29 is 0 Å². The molecule has 1 aromatic carbocycles.